The summed E-state index contributed by atoms with van der Waals surface area (Å²) in [6, 6.07) is 0. The highest BCUT2D eigenvalue weighted by Gasteiger charge is 2.54. The number of ketones is 1. The van der Waals surface area contributed by atoms with Gasteiger partial charge in [-0.25, -0.2) is 0 Å². The monoisotopic (exact) mass is 260 g/mol. The predicted molar refractivity (Wildman–Crippen MR) is 76.8 cm³/mol. The Labute approximate surface area is 117 Å². The third kappa shape index (κ3) is 1.76. The highest BCUT2D eigenvalue weighted by atomic mass is 16.1. The zero-order valence-electron chi connectivity index (χ0n) is 12.4. The summed E-state index contributed by atoms with van der Waals surface area (Å²) < 4.78 is 0. The van der Waals surface area contributed by atoms with Crippen LogP contribution in [0.4, 0.5) is 0 Å². The Bertz CT molecular complexity index is 400. The molecule has 0 N–H and O–H groups in total. The topological polar surface area (TPSA) is 17.1 Å². The van der Waals surface area contributed by atoms with E-state index >= 15 is 0 Å². The van der Waals surface area contributed by atoms with Crippen LogP contribution in [0.1, 0.15) is 77.6 Å². The maximum Gasteiger partial charge on any atom is 0.133 e. The fraction of sp³-hybridized carbons (Fsp3) is 0.944. The smallest absolute Gasteiger partial charge is 0.133 e. The minimum Gasteiger partial charge on any atom is -0.300 e. The van der Waals surface area contributed by atoms with E-state index in [9.17, 15) is 4.79 Å². The van der Waals surface area contributed by atoms with Crippen LogP contribution >= 0.6 is 0 Å². The fourth-order valence-corrected chi connectivity index (χ4v) is 6.59. The summed E-state index contributed by atoms with van der Waals surface area (Å²) >= 11 is 0. The van der Waals surface area contributed by atoms with Crippen molar-refractivity contribution in [2.75, 3.05) is 0 Å². The molecule has 5 unspecified atom stereocenters. The molecule has 1 spiro atoms. The van der Waals surface area contributed by atoms with Gasteiger partial charge in [0, 0.05) is 12.8 Å². The van der Waals surface area contributed by atoms with Crippen molar-refractivity contribution < 1.29 is 4.79 Å². The van der Waals surface area contributed by atoms with E-state index in [1.807, 2.05) is 0 Å². The first kappa shape index (κ1) is 12.4. The highest BCUT2D eigenvalue weighted by Crippen LogP contribution is 2.64. The average molecular weight is 260 g/mol. The fourth-order valence-electron chi connectivity index (χ4n) is 6.59. The van der Waals surface area contributed by atoms with Crippen LogP contribution in [0.25, 0.3) is 0 Å². The Morgan fingerprint density at radius 3 is 2.84 bits per heavy atom. The number of hydrogen-bond donors (Lipinski definition) is 0. The Morgan fingerprint density at radius 2 is 1.95 bits per heavy atom. The van der Waals surface area contributed by atoms with E-state index in [1.54, 1.807) is 0 Å². The van der Waals surface area contributed by atoms with E-state index in [4.69, 9.17) is 0 Å². The van der Waals surface area contributed by atoms with E-state index in [2.05, 4.69) is 6.92 Å². The van der Waals surface area contributed by atoms with Gasteiger partial charge in [-0.1, -0.05) is 13.3 Å². The summed E-state index contributed by atoms with van der Waals surface area (Å²) in [7, 11) is 0. The molecular formula is C18H28O. The number of rotatable bonds is 0. The first-order chi connectivity index (χ1) is 9.11. The molecule has 4 aliphatic carbocycles. The van der Waals surface area contributed by atoms with Gasteiger partial charge in [-0.05, 0) is 80.0 Å². The summed E-state index contributed by atoms with van der Waals surface area (Å²) in [5, 5.41) is 0. The second-order valence-corrected chi connectivity index (χ2v) is 8.50. The van der Waals surface area contributed by atoms with Crippen molar-refractivity contribution in [3.63, 3.8) is 0 Å². The summed E-state index contributed by atoms with van der Waals surface area (Å²) in [5.41, 5.74) is 1.24. The lowest BCUT2D eigenvalue weighted by molar-refractivity contribution is -0.127. The van der Waals surface area contributed by atoms with Gasteiger partial charge in [0.15, 0.2) is 0 Å². The molecule has 5 atom stereocenters. The van der Waals surface area contributed by atoms with Gasteiger partial charge in [-0.15, -0.1) is 0 Å². The van der Waals surface area contributed by atoms with Crippen molar-refractivity contribution in [2.45, 2.75) is 77.6 Å². The molecule has 4 fully saturated rings. The summed E-state index contributed by atoms with van der Waals surface area (Å²) in [6.45, 7) is 2.59. The maximum atomic E-state index is 11.8. The van der Waals surface area contributed by atoms with Crippen molar-refractivity contribution in [1.29, 1.82) is 0 Å². The molecule has 2 bridgehead atoms. The molecule has 4 aliphatic rings. The number of Topliss-reactive ketones (excluding diaryl/α,β-unsaturated/α-hetero) is 1. The van der Waals surface area contributed by atoms with E-state index in [0.717, 1.165) is 30.6 Å². The van der Waals surface area contributed by atoms with Crippen LogP contribution in [0, 0.1) is 28.6 Å². The molecule has 0 heterocycles. The molecule has 0 amide bonds. The van der Waals surface area contributed by atoms with E-state index in [0.29, 0.717) is 16.6 Å². The van der Waals surface area contributed by atoms with Crippen LogP contribution in [0.3, 0.4) is 0 Å². The summed E-state index contributed by atoms with van der Waals surface area (Å²) in [4.78, 5) is 11.8. The SMILES string of the molecule is CC12CCCC1C1CCC3CC(=O)CCC3(CC2)C1. The molecule has 106 valence electrons. The lowest BCUT2D eigenvalue weighted by Gasteiger charge is -2.49. The Kier molecular flexibility index (Phi) is 2.67. The van der Waals surface area contributed by atoms with Gasteiger partial charge in [-0.2, -0.15) is 0 Å². The minimum absolute atomic E-state index is 0.560. The number of fused-ring (bicyclic) bond motifs is 3. The van der Waals surface area contributed by atoms with Crippen LogP contribution in [-0.2, 0) is 4.79 Å². The van der Waals surface area contributed by atoms with Gasteiger partial charge >= 0.3 is 0 Å². The zero-order chi connectivity index (χ0) is 13.1. The molecule has 19 heavy (non-hydrogen) atoms. The molecule has 0 saturated heterocycles. The largest absolute Gasteiger partial charge is 0.300 e. The van der Waals surface area contributed by atoms with E-state index in [-0.39, 0.29) is 0 Å². The van der Waals surface area contributed by atoms with Gasteiger partial charge in [0.05, 0.1) is 0 Å². The van der Waals surface area contributed by atoms with Crippen LogP contribution in [0.5, 0.6) is 0 Å². The molecule has 0 aromatic carbocycles. The van der Waals surface area contributed by atoms with E-state index < -0.39 is 0 Å². The van der Waals surface area contributed by atoms with Crippen LogP contribution in [0.15, 0.2) is 0 Å². The molecule has 4 saturated carbocycles. The molecule has 1 heteroatoms. The Morgan fingerprint density at radius 1 is 1.05 bits per heavy atom. The minimum atomic E-state index is 0.560. The Hall–Kier alpha value is -0.330. The number of carbonyl (C=O) groups excluding carboxylic acids is 1. The second kappa shape index (κ2) is 4.09. The summed E-state index contributed by atoms with van der Waals surface area (Å²) in [6.07, 6.45) is 14.7. The molecule has 0 aliphatic heterocycles. The Balaban J connectivity index is 1.66. The van der Waals surface area contributed by atoms with Crippen LogP contribution < -0.4 is 0 Å². The van der Waals surface area contributed by atoms with Crippen molar-refractivity contribution >= 4 is 5.78 Å². The van der Waals surface area contributed by atoms with E-state index in [1.165, 1.54) is 57.8 Å². The normalized spacial score (nSPS) is 53.3. The van der Waals surface area contributed by atoms with Crippen LogP contribution in [-0.4, -0.2) is 5.78 Å². The van der Waals surface area contributed by atoms with Crippen molar-refractivity contribution in [1.82, 2.24) is 0 Å². The molecule has 0 aromatic rings. The standard InChI is InChI=1S/C18H28O/c1-17-7-2-3-16(17)13-4-5-14-11-15(19)6-8-18(14,12-13)10-9-17/h13-14,16H,2-12H2,1H3. The van der Waals surface area contributed by atoms with Gasteiger partial charge in [0.2, 0.25) is 0 Å². The predicted octanol–water partition coefficient (Wildman–Crippen LogP) is 4.74. The maximum absolute atomic E-state index is 11.8. The first-order valence-electron chi connectivity index (χ1n) is 8.63. The number of hydrogen-bond acceptors (Lipinski definition) is 1. The quantitative estimate of drug-likeness (QED) is 0.614. The molecular weight excluding hydrogens is 232 g/mol. The molecule has 4 rings (SSSR count). The third-order valence-corrected chi connectivity index (χ3v) is 7.72. The zero-order valence-corrected chi connectivity index (χ0v) is 12.4. The molecule has 0 radical (unpaired) electrons. The lowest BCUT2D eigenvalue weighted by atomic mass is 9.55. The highest BCUT2D eigenvalue weighted by molar-refractivity contribution is 5.79. The van der Waals surface area contributed by atoms with Gasteiger partial charge < -0.3 is 0 Å². The average Bonchev–Trinajstić information content (AvgIpc) is 2.75. The van der Waals surface area contributed by atoms with Gasteiger partial charge in [0.25, 0.3) is 0 Å². The van der Waals surface area contributed by atoms with Gasteiger partial charge in [0.1, 0.15) is 5.78 Å². The van der Waals surface area contributed by atoms with Crippen molar-refractivity contribution in [2.24, 2.45) is 28.6 Å². The van der Waals surface area contributed by atoms with Crippen molar-refractivity contribution in [3.8, 4) is 0 Å². The molecule has 1 nitrogen and oxygen atoms in total. The number of carbonyl (C=O) groups is 1. The molecule has 0 aromatic heterocycles. The second-order valence-electron chi connectivity index (χ2n) is 8.50. The van der Waals surface area contributed by atoms with Crippen LogP contribution in [0.2, 0.25) is 0 Å². The first-order valence-corrected chi connectivity index (χ1v) is 8.63. The lowest BCUT2D eigenvalue weighted by Crippen LogP contribution is -2.42. The summed E-state index contributed by atoms with van der Waals surface area (Å²) in [5.74, 6) is 3.34. The van der Waals surface area contributed by atoms with Gasteiger partial charge in [-0.3, -0.25) is 4.79 Å². The third-order valence-electron chi connectivity index (χ3n) is 7.72. The van der Waals surface area contributed by atoms with Crippen molar-refractivity contribution in [3.05, 3.63) is 0 Å².